The molecule has 0 saturated carbocycles. The highest BCUT2D eigenvalue weighted by molar-refractivity contribution is 7.18. The van der Waals surface area contributed by atoms with E-state index in [1.807, 2.05) is 26.0 Å². The SMILES string of the molecule is CC[C@@H](C)[C@H](NC(=O)c1ccco1)C(=O)Nc1nnc(-c2ccc(Cl)cc2)s1. The molecule has 3 aromatic rings. The van der Waals surface area contributed by atoms with Gasteiger partial charge < -0.3 is 9.73 Å². The first-order valence-corrected chi connectivity index (χ1v) is 9.92. The number of carbonyl (C=O) groups excluding carboxylic acids is 2. The van der Waals surface area contributed by atoms with Crippen molar-refractivity contribution in [2.75, 3.05) is 5.32 Å². The molecule has 2 N–H and O–H groups in total. The van der Waals surface area contributed by atoms with Crippen molar-refractivity contribution in [2.24, 2.45) is 5.92 Å². The van der Waals surface area contributed by atoms with E-state index >= 15 is 0 Å². The molecular weight excluding hydrogens is 400 g/mol. The number of anilines is 1. The predicted octanol–water partition coefficient (Wildman–Crippen LogP) is 4.23. The lowest BCUT2D eigenvalue weighted by atomic mass is 9.98. The van der Waals surface area contributed by atoms with Crippen molar-refractivity contribution >= 4 is 39.9 Å². The van der Waals surface area contributed by atoms with Gasteiger partial charge in [0.05, 0.1) is 6.26 Å². The van der Waals surface area contributed by atoms with Gasteiger partial charge in [-0.05, 0) is 30.2 Å². The Morgan fingerprint density at radius 3 is 2.61 bits per heavy atom. The quantitative estimate of drug-likeness (QED) is 0.598. The molecule has 146 valence electrons. The van der Waals surface area contributed by atoms with Crippen LogP contribution in [0.1, 0.15) is 30.8 Å². The second-order valence-electron chi connectivity index (χ2n) is 6.22. The molecule has 0 aliphatic carbocycles. The number of halogens is 1. The third-order valence-corrected chi connectivity index (χ3v) is 5.41. The summed E-state index contributed by atoms with van der Waals surface area (Å²) in [5, 5.41) is 15.2. The van der Waals surface area contributed by atoms with Gasteiger partial charge in [0.2, 0.25) is 11.0 Å². The average Bonchev–Trinajstić information content (AvgIpc) is 3.38. The highest BCUT2D eigenvalue weighted by Gasteiger charge is 2.28. The number of carbonyl (C=O) groups is 2. The molecule has 9 heteroatoms. The lowest BCUT2D eigenvalue weighted by Crippen LogP contribution is -2.47. The fourth-order valence-electron chi connectivity index (χ4n) is 2.49. The standard InChI is InChI=1S/C19H19ClN4O3S/c1-3-11(2)15(21-16(25)14-5-4-10-27-14)17(26)22-19-24-23-18(28-19)12-6-8-13(20)9-7-12/h4-11,15H,3H2,1-2H3,(H,21,25)(H,22,24,26)/t11-,15+/m1/s1. The van der Waals surface area contributed by atoms with Gasteiger partial charge in [0, 0.05) is 10.6 Å². The molecule has 0 aliphatic rings. The number of rotatable bonds is 7. The number of amides is 2. The molecule has 0 saturated heterocycles. The summed E-state index contributed by atoms with van der Waals surface area (Å²) >= 11 is 7.14. The summed E-state index contributed by atoms with van der Waals surface area (Å²) in [5.41, 5.74) is 0.854. The number of hydrogen-bond acceptors (Lipinski definition) is 6. The maximum absolute atomic E-state index is 12.8. The zero-order valence-corrected chi connectivity index (χ0v) is 16.9. The van der Waals surface area contributed by atoms with E-state index in [-0.39, 0.29) is 17.6 Å². The van der Waals surface area contributed by atoms with E-state index in [1.165, 1.54) is 17.6 Å². The van der Waals surface area contributed by atoms with E-state index in [4.69, 9.17) is 16.0 Å². The molecule has 0 spiro atoms. The van der Waals surface area contributed by atoms with Crippen LogP contribution >= 0.6 is 22.9 Å². The van der Waals surface area contributed by atoms with Crippen molar-refractivity contribution in [3.63, 3.8) is 0 Å². The molecular formula is C19H19ClN4O3S. The summed E-state index contributed by atoms with van der Waals surface area (Å²) in [7, 11) is 0. The Morgan fingerprint density at radius 2 is 1.96 bits per heavy atom. The summed E-state index contributed by atoms with van der Waals surface area (Å²) in [4.78, 5) is 25.1. The van der Waals surface area contributed by atoms with E-state index in [0.29, 0.717) is 21.6 Å². The predicted molar refractivity (Wildman–Crippen MR) is 108 cm³/mol. The van der Waals surface area contributed by atoms with Gasteiger partial charge in [-0.15, -0.1) is 10.2 Å². The first-order valence-electron chi connectivity index (χ1n) is 8.72. The highest BCUT2D eigenvalue weighted by Crippen LogP contribution is 2.27. The van der Waals surface area contributed by atoms with Gasteiger partial charge in [0.1, 0.15) is 11.0 Å². The Hall–Kier alpha value is -2.71. The van der Waals surface area contributed by atoms with Crippen LogP contribution in [0.4, 0.5) is 5.13 Å². The third kappa shape index (κ3) is 4.76. The van der Waals surface area contributed by atoms with Crippen LogP contribution in [0.25, 0.3) is 10.6 Å². The highest BCUT2D eigenvalue weighted by atomic mass is 35.5. The largest absolute Gasteiger partial charge is 0.459 e. The topological polar surface area (TPSA) is 97.1 Å². The van der Waals surface area contributed by atoms with Crippen LogP contribution in [0.2, 0.25) is 5.02 Å². The maximum atomic E-state index is 12.8. The minimum Gasteiger partial charge on any atom is -0.459 e. The lowest BCUT2D eigenvalue weighted by Gasteiger charge is -2.22. The van der Waals surface area contributed by atoms with Gasteiger partial charge in [-0.3, -0.25) is 14.9 Å². The molecule has 7 nitrogen and oxygen atoms in total. The van der Waals surface area contributed by atoms with Gasteiger partial charge >= 0.3 is 0 Å². The van der Waals surface area contributed by atoms with Crippen molar-refractivity contribution in [3.05, 3.63) is 53.4 Å². The van der Waals surface area contributed by atoms with Gasteiger partial charge in [0.25, 0.3) is 5.91 Å². The van der Waals surface area contributed by atoms with Crippen molar-refractivity contribution in [1.82, 2.24) is 15.5 Å². The normalized spacial score (nSPS) is 13.0. The number of furan rings is 1. The molecule has 1 aromatic carbocycles. The first-order chi connectivity index (χ1) is 13.5. The number of aromatic nitrogens is 2. The van der Waals surface area contributed by atoms with Crippen LogP contribution in [-0.2, 0) is 4.79 Å². The fraction of sp³-hybridized carbons (Fsp3) is 0.263. The average molecular weight is 419 g/mol. The zero-order chi connectivity index (χ0) is 20.1. The monoisotopic (exact) mass is 418 g/mol. The minimum atomic E-state index is -0.731. The summed E-state index contributed by atoms with van der Waals surface area (Å²) in [6.07, 6.45) is 2.12. The van der Waals surface area contributed by atoms with Crippen LogP contribution in [0.15, 0.2) is 47.1 Å². The molecule has 3 rings (SSSR count). The zero-order valence-electron chi connectivity index (χ0n) is 15.3. The molecule has 2 atom stereocenters. The third-order valence-electron chi connectivity index (χ3n) is 4.27. The molecule has 2 aromatic heterocycles. The molecule has 0 bridgehead atoms. The molecule has 2 heterocycles. The van der Waals surface area contributed by atoms with E-state index < -0.39 is 11.9 Å². The van der Waals surface area contributed by atoms with E-state index in [2.05, 4.69) is 20.8 Å². The van der Waals surface area contributed by atoms with Crippen molar-refractivity contribution < 1.29 is 14.0 Å². The summed E-state index contributed by atoms with van der Waals surface area (Å²) in [5.74, 6) is -0.720. The number of hydrogen-bond donors (Lipinski definition) is 2. The van der Waals surface area contributed by atoms with Gasteiger partial charge in [-0.25, -0.2) is 0 Å². The van der Waals surface area contributed by atoms with Crippen molar-refractivity contribution in [1.29, 1.82) is 0 Å². The Morgan fingerprint density at radius 1 is 1.21 bits per heavy atom. The second kappa shape index (κ2) is 8.99. The van der Waals surface area contributed by atoms with E-state index in [0.717, 1.165) is 5.56 Å². The second-order valence-corrected chi connectivity index (χ2v) is 7.64. The first kappa shape index (κ1) is 20.0. The molecule has 28 heavy (non-hydrogen) atoms. The number of nitrogens with zero attached hydrogens (tertiary/aromatic N) is 2. The van der Waals surface area contributed by atoms with E-state index in [9.17, 15) is 9.59 Å². The van der Waals surface area contributed by atoms with Crippen LogP contribution in [0.3, 0.4) is 0 Å². The molecule has 0 unspecified atom stereocenters. The smallest absolute Gasteiger partial charge is 0.287 e. The van der Waals surface area contributed by atoms with Crippen LogP contribution in [0.5, 0.6) is 0 Å². The summed E-state index contributed by atoms with van der Waals surface area (Å²) in [6.45, 7) is 3.85. The lowest BCUT2D eigenvalue weighted by molar-refractivity contribution is -0.119. The summed E-state index contributed by atoms with van der Waals surface area (Å²) < 4.78 is 5.09. The van der Waals surface area contributed by atoms with Crippen LogP contribution in [-0.4, -0.2) is 28.1 Å². The van der Waals surface area contributed by atoms with Crippen LogP contribution < -0.4 is 10.6 Å². The summed E-state index contributed by atoms with van der Waals surface area (Å²) in [6, 6.07) is 9.63. The molecule has 2 amide bonds. The Bertz CT molecular complexity index is 941. The van der Waals surface area contributed by atoms with Crippen LogP contribution in [0, 0.1) is 5.92 Å². The van der Waals surface area contributed by atoms with E-state index in [1.54, 1.807) is 24.3 Å². The fourth-order valence-corrected chi connectivity index (χ4v) is 3.37. The molecule has 0 radical (unpaired) electrons. The van der Waals surface area contributed by atoms with Gasteiger partial charge in [-0.1, -0.05) is 55.3 Å². The Labute approximate surface area is 171 Å². The number of benzene rings is 1. The van der Waals surface area contributed by atoms with Crippen molar-refractivity contribution in [3.8, 4) is 10.6 Å². The molecule has 0 aliphatic heterocycles. The minimum absolute atomic E-state index is 0.0810. The van der Waals surface area contributed by atoms with Gasteiger partial charge in [0.15, 0.2) is 5.76 Å². The Kier molecular flexibility index (Phi) is 6.43. The maximum Gasteiger partial charge on any atom is 0.287 e. The molecule has 0 fully saturated rings. The number of nitrogens with one attached hydrogen (secondary N) is 2. The Balaban J connectivity index is 1.71. The van der Waals surface area contributed by atoms with Crippen molar-refractivity contribution in [2.45, 2.75) is 26.3 Å². The van der Waals surface area contributed by atoms with Gasteiger partial charge in [-0.2, -0.15) is 0 Å².